The van der Waals surface area contributed by atoms with Crippen molar-refractivity contribution >= 4 is 18.2 Å². The van der Waals surface area contributed by atoms with Crippen molar-refractivity contribution in [2.24, 2.45) is 5.92 Å². The van der Waals surface area contributed by atoms with Crippen LogP contribution in [0, 0.1) is 12.8 Å². The molecule has 1 amide bonds. The number of esters is 1. The second kappa shape index (κ2) is 11.3. The molecule has 0 saturated carbocycles. The van der Waals surface area contributed by atoms with Crippen molar-refractivity contribution in [3.05, 3.63) is 53.3 Å². The van der Waals surface area contributed by atoms with Gasteiger partial charge in [0.1, 0.15) is 30.3 Å². The lowest BCUT2D eigenvalue weighted by molar-refractivity contribution is -0.155. The fourth-order valence-corrected chi connectivity index (χ4v) is 3.14. The van der Waals surface area contributed by atoms with Crippen LogP contribution in [0.1, 0.15) is 49.3 Å². The minimum atomic E-state index is -0.993. The first-order valence-electron chi connectivity index (χ1n) is 10.5. The molecule has 172 valence electrons. The summed E-state index contributed by atoms with van der Waals surface area (Å²) in [5.41, 5.74) is 1.12. The lowest BCUT2D eigenvalue weighted by atomic mass is 10.0. The zero-order chi connectivity index (χ0) is 23.8. The molecule has 2 aromatic rings. The van der Waals surface area contributed by atoms with E-state index in [1.165, 1.54) is 19.2 Å². The first-order valence-corrected chi connectivity index (χ1v) is 10.5. The van der Waals surface area contributed by atoms with E-state index in [1.807, 2.05) is 45.0 Å². The highest BCUT2D eigenvalue weighted by Gasteiger charge is 2.29. The number of aryl methyl sites for hydroxylation is 1. The van der Waals surface area contributed by atoms with Gasteiger partial charge in [-0.2, -0.15) is 0 Å². The summed E-state index contributed by atoms with van der Waals surface area (Å²) >= 11 is 0. The fourth-order valence-electron chi connectivity index (χ4n) is 3.14. The van der Waals surface area contributed by atoms with Crippen molar-refractivity contribution in [2.45, 2.75) is 59.3 Å². The van der Waals surface area contributed by atoms with Gasteiger partial charge in [0, 0.05) is 18.2 Å². The Morgan fingerprint density at radius 1 is 1.12 bits per heavy atom. The third-order valence-electron chi connectivity index (χ3n) is 4.94. The number of aromatic nitrogens is 1. The van der Waals surface area contributed by atoms with Crippen LogP contribution in [0.25, 0.3) is 0 Å². The number of carbonyl (C=O) groups excluding carboxylic acids is 3. The van der Waals surface area contributed by atoms with E-state index in [1.54, 1.807) is 6.92 Å². The summed E-state index contributed by atoms with van der Waals surface area (Å²) in [4.78, 5) is 39.6. The Labute approximate surface area is 188 Å². The van der Waals surface area contributed by atoms with Gasteiger partial charge in [0.05, 0.1) is 0 Å². The van der Waals surface area contributed by atoms with E-state index in [4.69, 9.17) is 9.47 Å². The number of ether oxygens (including phenoxy) is 2. The molecule has 0 spiro atoms. The third-order valence-corrected chi connectivity index (χ3v) is 4.94. The Morgan fingerprint density at radius 3 is 2.38 bits per heavy atom. The summed E-state index contributed by atoms with van der Waals surface area (Å²) in [6.07, 6.45) is 0.901. The Kier molecular flexibility index (Phi) is 8.75. The van der Waals surface area contributed by atoms with E-state index in [0.717, 1.165) is 5.56 Å². The Hall–Kier alpha value is -3.42. The molecule has 0 aliphatic carbocycles. The summed E-state index contributed by atoms with van der Waals surface area (Å²) in [5, 5.41) is 12.6. The number of nitrogens with one attached hydrogen (secondary N) is 1. The third kappa shape index (κ3) is 6.54. The first-order chi connectivity index (χ1) is 15.1. The van der Waals surface area contributed by atoms with Gasteiger partial charge in [0.15, 0.2) is 11.4 Å². The summed E-state index contributed by atoms with van der Waals surface area (Å²) in [6.45, 7) is 9.13. The van der Waals surface area contributed by atoms with Crippen LogP contribution in [-0.2, 0) is 20.7 Å². The van der Waals surface area contributed by atoms with Crippen molar-refractivity contribution in [1.29, 1.82) is 0 Å². The van der Waals surface area contributed by atoms with Crippen LogP contribution in [0.5, 0.6) is 11.5 Å². The standard InChI is InChI=1S/C24H30N2O6/c1-14(2)22(32-19-8-6-15(3)7-9-19)17(5)31-24(30)16(4)26-23(29)20-21(28)18(11-13-27)10-12-25-20/h6-10,12-14,16-17,22,28H,11H2,1-5H3,(H,26,29)/t16-,17?,22?/m0/s1. The van der Waals surface area contributed by atoms with Gasteiger partial charge >= 0.3 is 5.97 Å². The molecular formula is C24H30N2O6. The van der Waals surface area contributed by atoms with Crippen molar-refractivity contribution in [3.63, 3.8) is 0 Å². The molecule has 8 heteroatoms. The lowest BCUT2D eigenvalue weighted by Gasteiger charge is -2.29. The molecule has 2 unspecified atom stereocenters. The Balaban J connectivity index is 2.02. The molecule has 0 saturated heterocycles. The number of hydrogen-bond acceptors (Lipinski definition) is 7. The average Bonchev–Trinajstić information content (AvgIpc) is 2.74. The molecule has 0 fully saturated rings. The number of carbonyl (C=O) groups is 3. The van der Waals surface area contributed by atoms with Gasteiger partial charge in [-0.15, -0.1) is 0 Å². The van der Waals surface area contributed by atoms with Crippen LogP contribution in [0.15, 0.2) is 36.5 Å². The number of hydrogen-bond donors (Lipinski definition) is 2. The van der Waals surface area contributed by atoms with Gasteiger partial charge < -0.3 is 24.7 Å². The van der Waals surface area contributed by atoms with Gasteiger partial charge in [-0.05, 0) is 44.9 Å². The van der Waals surface area contributed by atoms with Crippen molar-refractivity contribution in [3.8, 4) is 11.5 Å². The van der Waals surface area contributed by atoms with Gasteiger partial charge in [-0.25, -0.2) is 9.78 Å². The van der Waals surface area contributed by atoms with Gasteiger partial charge in [0.25, 0.3) is 5.91 Å². The van der Waals surface area contributed by atoms with Crippen molar-refractivity contribution < 1.29 is 29.0 Å². The number of amides is 1. The van der Waals surface area contributed by atoms with Gasteiger partial charge in [-0.1, -0.05) is 31.5 Å². The van der Waals surface area contributed by atoms with Crippen molar-refractivity contribution in [1.82, 2.24) is 10.3 Å². The van der Waals surface area contributed by atoms with E-state index < -0.39 is 35.9 Å². The maximum absolute atomic E-state index is 12.6. The average molecular weight is 443 g/mol. The molecule has 1 heterocycles. The molecule has 1 aromatic carbocycles. The molecule has 32 heavy (non-hydrogen) atoms. The fraction of sp³-hybridized carbons (Fsp3) is 0.417. The second-order valence-electron chi connectivity index (χ2n) is 8.01. The van der Waals surface area contributed by atoms with E-state index in [0.29, 0.717) is 12.0 Å². The van der Waals surface area contributed by atoms with E-state index in [-0.39, 0.29) is 23.6 Å². The zero-order valence-corrected chi connectivity index (χ0v) is 19.0. The normalized spacial score (nSPS) is 13.7. The summed E-state index contributed by atoms with van der Waals surface area (Å²) in [7, 11) is 0. The molecule has 0 aliphatic rings. The predicted octanol–water partition coefficient (Wildman–Crippen LogP) is 2.99. The Morgan fingerprint density at radius 2 is 1.78 bits per heavy atom. The molecule has 2 N–H and O–H groups in total. The maximum atomic E-state index is 12.6. The minimum absolute atomic E-state index is 0.0542. The molecule has 0 bridgehead atoms. The predicted molar refractivity (Wildman–Crippen MR) is 119 cm³/mol. The zero-order valence-electron chi connectivity index (χ0n) is 19.0. The first kappa shape index (κ1) is 24.8. The highest BCUT2D eigenvalue weighted by Crippen LogP contribution is 2.22. The van der Waals surface area contributed by atoms with Gasteiger partial charge in [0.2, 0.25) is 0 Å². The van der Waals surface area contributed by atoms with E-state index in [9.17, 15) is 19.5 Å². The molecule has 0 aliphatic heterocycles. The van der Waals surface area contributed by atoms with Crippen LogP contribution < -0.4 is 10.1 Å². The topological polar surface area (TPSA) is 115 Å². The number of nitrogens with zero attached hydrogens (tertiary/aromatic N) is 1. The summed E-state index contributed by atoms with van der Waals surface area (Å²) in [5.74, 6) is -1.05. The number of benzene rings is 1. The van der Waals surface area contributed by atoms with Crippen molar-refractivity contribution in [2.75, 3.05) is 0 Å². The largest absolute Gasteiger partial charge is 0.505 e. The highest BCUT2D eigenvalue weighted by atomic mass is 16.6. The number of aldehydes is 1. The molecule has 2 rings (SSSR count). The number of aromatic hydroxyl groups is 1. The van der Waals surface area contributed by atoms with Crippen LogP contribution >= 0.6 is 0 Å². The SMILES string of the molecule is Cc1ccc(OC(C(C)C)C(C)OC(=O)[C@H](C)NC(=O)c2nccc(CC=O)c2O)cc1. The van der Waals surface area contributed by atoms with Crippen LogP contribution in [0.4, 0.5) is 0 Å². The highest BCUT2D eigenvalue weighted by molar-refractivity contribution is 5.97. The van der Waals surface area contributed by atoms with E-state index in [2.05, 4.69) is 10.3 Å². The molecule has 1 aromatic heterocycles. The lowest BCUT2D eigenvalue weighted by Crippen LogP contribution is -2.44. The number of pyridine rings is 1. The quantitative estimate of drug-likeness (QED) is 0.429. The minimum Gasteiger partial charge on any atom is -0.505 e. The summed E-state index contributed by atoms with van der Waals surface area (Å²) < 4.78 is 11.6. The Bertz CT molecular complexity index is 942. The number of rotatable bonds is 10. The van der Waals surface area contributed by atoms with Crippen LogP contribution in [0.3, 0.4) is 0 Å². The maximum Gasteiger partial charge on any atom is 0.328 e. The van der Waals surface area contributed by atoms with Crippen LogP contribution in [0.2, 0.25) is 0 Å². The smallest absolute Gasteiger partial charge is 0.328 e. The van der Waals surface area contributed by atoms with E-state index >= 15 is 0 Å². The van der Waals surface area contributed by atoms with Gasteiger partial charge in [-0.3, -0.25) is 4.79 Å². The molecule has 0 radical (unpaired) electrons. The molecule has 3 atom stereocenters. The monoisotopic (exact) mass is 442 g/mol. The molecule has 8 nitrogen and oxygen atoms in total. The molecular weight excluding hydrogens is 412 g/mol. The summed E-state index contributed by atoms with van der Waals surface area (Å²) in [6, 6.07) is 8.05. The van der Waals surface area contributed by atoms with Crippen LogP contribution in [-0.4, -0.2) is 46.5 Å². The second-order valence-corrected chi connectivity index (χ2v) is 8.01.